The molecule has 72 valence electrons. The summed E-state index contributed by atoms with van der Waals surface area (Å²) in [6.45, 7) is 3.11. The fourth-order valence-electron chi connectivity index (χ4n) is 1.80. The Balaban J connectivity index is 2.09. The van der Waals surface area contributed by atoms with Crippen molar-refractivity contribution in [3.63, 3.8) is 0 Å². The average molecular weight is 171 g/mol. The second kappa shape index (κ2) is 5.55. The lowest BCUT2D eigenvalue weighted by Gasteiger charge is -2.28. The molecule has 1 saturated carbocycles. The lowest BCUT2D eigenvalue weighted by Crippen LogP contribution is -2.33. The highest BCUT2D eigenvalue weighted by atomic mass is 16.5. The second-order valence-electron chi connectivity index (χ2n) is 3.63. The summed E-state index contributed by atoms with van der Waals surface area (Å²) in [6, 6.07) is 0.742. The Morgan fingerprint density at radius 1 is 1.25 bits per heavy atom. The van der Waals surface area contributed by atoms with E-state index in [9.17, 15) is 0 Å². The van der Waals surface area contributed by atoms with Crippen LogP contribution in [-0.4, -0.2) is 25.8 Å². The first-order valence-electron chi connectivity index (χ1n) is 5.15. The minimum atomic E-state index is 0.551. The first-order valence-corrected chi connectivity index (χ1v) is 5.15. The number of ether oxygens (including phenoxy) is 1. The summed E-state index contributed by atoms with van der Waals surface area (Å²) in [7, 11) is 2.05. The van der Waals surface area contributed by atoms with Crippen LogP contribution in [0, 0.1) is 0 Å². The van der Waals surface area contributed by atoms with E-state index in [-0.39, 0.29) is 0 Å². The maximum absolute atomic E-state index is 5.70. The molecule has 1 fully saturated rings. The molecular formula is C10H21NO. The Hall–Kier alpha value is -0.0800. The molecule has 0 aliphatic heterocycles. The van der Waals surface area contributed by atoms with Gasteiger partial charge >= 0.3 is 0 Å². The summed E-state index contributed by atoms with van der Waals surface area (Å²) in [5, 5.41) is 3.32. The van der Waals surface area contributed by atoms with Crippen LogP contribution in [0.3, 0.4) is 0 Å². The van der Waals surface area contributed by atoms with Crippen LogP contribution in [-0.2, 0) is 4.74 Å². The van der Waals surface area contributed by atoms with Crippen molar-refractivity contribution >= 4 is 0 Å². The molecule has 0 heterocycles. The number of rotatable bonds is 4. The predicted molar refractivity (Wildman–Crippen MR) is 51.3 cm³/mol. The Bertz CT molecular complexity index is 108. The molecule has 1 aliphatic carbocycles. The molecule has 2 heteroatoms. The van der Waals surface area contributed by atoms with Crippen molar-refractivity contribution in [2.24, 2.45) is 0 Å². The third-order valence-corrected chi connectivity index (χ3v) is 2.64. The molecule has 12 heavy (non-hydrogen) atoms. The summed E-state index contributed by atoms with van der Waals surface area (Å²) in [4.78, 5) is 0. The Labute approximate surface area is 75.7 Å². The molecule has 0 radical (unpaired) electrons. The van der Waals surface area contributed by atoms with Crippen LogP contribution in [0.4, 0.5) is 0 Å². The highest BCUT2D eigenvalue weighted by molar-refractivity contribution is 4.76. The zero-order valence-corrected chi connectivity index (χ0v) is 8.31. The van der Waals surface area contributed by atoms with Crippen LogP contribution in [0.1, 0.15) is 39.0 Å². The van der Waals surface area contributed by atoms with Crippen LogP contribution in [0.15, 0.2) is 0 Å². The smallest absolute Gasteiger partial charge is 0.0576 e. The van der Waals surface area contributed by atoms with Gasteiger partial charge in [0, 0.05) is 12.6 Å². The molecule has 0 aromatic carbocycles. The SMILES string of the molecule is CCCOC1CCC(NC)CC1. The van der Waals surface area contributed by atoms with Crippen LogP contribution in [0.25, 0.3) is 0 Å². The largest absolute Gasteiger partial charge is 0.378 e. The van der Waals surface area contributed by atoms with Gasteiger partial charge in [0.1, 0.15) is 0 Å². The summed E-state index contributed by atoms with van der Waals surface area (Å²) >= 11 is 0. The highest BCUT2D eigenvalue weighted by Crippen LogP contribution is 2.20. The van der Waals surface area contributed by atoms with Gasteiger partial charge in [0.15, 0.2) is 0 Å². The van der Waals surface area contributed by atoms with Gasteiger partial charge in [-0.1, -0.05) is 6.92 Å². The van der Waals surface area contributed by atoms with Crippen LogP contribution in [0.2, 0.25) is 0 Å². The Morgan fingerprint density at radius 3 is 2.42 bits per heavy atom. The van der Waals surface area contributed by atoms with Gasteiger partial charge < -0.3 is 10.1 Å². The van der Waals surface area contributed by atoms with Crippen molar-refractivity contribution in [1.29, 1.82) is 0 Å². The highest BCUT2D eigenvalue weighted by Gasteiger charge is 2.19. The molecule has 1 N–H and O–H groups in total. The molecule has 0 unspecified atom stereocenters. The number of nitrogens with one attached hydrogen (secondary N) is 1. The maximum atomic E-state index is 5.70. The van der Waals surface area contributed by atoms with Crippen molar-refractivity contribution in [1.82, 2.24) is 5.32 Å². The van der Waals surface area contributed by atoms with Gasteiger partial charge in [0.2, 0.25) is 0 Å². The minimum Gasteiger partial charge on any atom is -0.378 e. The second-order valence-corrected chi connectivity index (χ2v) is 3.63. The van der Waals surface area contributed by atoms with Gasteiger partial charge in [-0.2, -0.15) is 0 Å². The fraction of sp³-hybridized carbons (Fsp3) is 1.00. The van der Waals surface area contributed by atoms with Gasteiger partial charge in [0.25, 0.3) is 0 Å². The van der Waals surface area contributed by atoms with E-state index in [1.165, 1.54) is 25.7 Å². The normalized spacial score (nSPS) is 30.5. The third kappa shape index (κ3) is 3.11. The van der Waals surface area contributed by atoms with Gasteiger partial charge in [-0.25, -0.2) is 0 Å². The maximum Gasteiger partial charge on any atom is 0.0576 e. The molecule has 0 spiro atoms. The summed E-state index contributed by atoms with van der Waals surface area (Å²) < 4.78 is 5.70. The fourth-order valence-corrected chi connectivity index (χ4v) is 1.80. The third-order valence-electron chi connectivity index (χ3n) is 2.64. The summed E-state index contributed by atoms with van der Waals surface area (Å²) in [5.74, 6) is 0. The van der Waals surface area contributed by atoms with Gasteiger partial charge in [-0.3, -0.25) is 0 Å². The molecule has 0 aromatic rings. The molecule has 0 bridgehead atoms. The summed E-state index contributed by atoms with van der Waals surface area (Å²) in [6.07, 6.45) is 6.74. The lowest BCUT2D eigenvalue weighted by molar-refractivity contribution is 0.0235. The van der Waals surface area contributed by atoms with E-state index in [2.05, 4.69) is 19.3 Å². The van der Waals surface area contributed by atoms with Gasteiger partial charge in [-0.15, -0.1) is 0 Å². The van der Waals surface area contributed by atoms with Crippen molar-refractivity contribution in [2.45, 2.75) is 51.2 Å². The topological polar surface area (TPSA) is 21.3 Å². The number of hydrogen-bond acceptors (Lipinski definition) is 2. The minimum absolute atomic E-state index is 0.551. The Morgan fingerprint density at radius 2 is 1.92 bits per heavy atom. The van der Waals surface area contributed by atoms with Gasteiger partial charge in [-0.05, 0) is 39.2 Å². The quantitative estimate of drug-likeness (QED) is 0.698. The van der Waals surface area contributed by atoms with E-state index in [0.29, 0.717) is 6.10 Å². The van der Waals surface area contributed by atoms with Crippen molar-refractivity contribution in [3.8, 4) is 0 Å². The van der Waals surface area contributed by atoms with E-state index in [1.807, 2.05) is 0 Å². The standard InChI is InChI=1S/C10H21NO/c1-3-8-12-10-6-4-9(11-2)5-7-10/h9-11H,3-8H2,1-2H3. The molecule has 1 rings (SSSR count). The molecule has 2 nitrogen and oxygen atoms in total. The lowest BCUT2D eigenvalue weighted by atomic mass is 9.93. The van der Waals surface area contributed by atoms with Crippen molar-refractivity contribution in [3.05, 3.63) is 0 Å². The zero-order chi connectivity index (χ0) is 8.81. The van der Waals surface area contributed by atoms with Crippen LogP contribution < -0.4 is 5.32 Å². The molecule has 1 aliphatic rings. The average Bonchev–Trinajstić information content (AvgIpc) is 2.15. The van der Waals surface area contributed by atoms with E-state index >= 15 is 0 Å². The van der Waals surface area contributed by atoms with Crippen LogP contribution >= 0.6 is 0 Å². The molecule has 0 amide bonds. The Kier molecular flexibility index (Phi) is 4.62. The summed E-state index contributed by atoms with van der Waals surface area (Å²) in [5.41, 5.74) is 0. The van der Waals surface area contributed by atoms with E-state index in [0.717, 1.165) is 19.1 Å². The zero-order valence-electron chi connectivity index (χ0n) is 8.31. The van der Waals surface area contributed by atoms with E-state index < -0.39 is 0 Å². The first kappa shape index (κ1) is 10.0. The predicted octanol–water partition coefficient (Wildman–Crippen LogP) is 1.94. The van der Waals surface area contributed by atoms with Crippen molar-refractivity contribution < 1.29 is 4.74 Å². The van der Waals surface area contributed by atoms with Gasteiger partial charge in [0.05, 0.1) is 6.10 Å². The first-order chi connectivity index (χ1) is 5.86. The molecular weight excluding hydrogens is 150 g/mol. The van der Waals surface area contributed by atoms with E-state index in [1.54, 1.807) is 0 Å². The van der Waals surface area contributed by atoms with Crippen molar-refractivity contribution in [2.75, 3.05) is 13.7 Å². The molecule has 0 aromatic heterocycles. The molecule has 0 saturated heterocycles. The number of hydrogen-bond donors (Lipinski definition) is 1. The van der Waals surface area contributed by atoms with Crippen LogP contribution in [0.5, 0.6) is 0 Å². The monoisotopic (exact) mass is 171 g/mol. The van der Waals surface area contributed by atoms with E-state index in [4.69, 9.17) is 4.74 Å². The molecule has 0 atom stereocenters.